The highest BCUT2D eigenvalue weighted by Gasteiger charge is 2.31. The molecule has 0 saturated carbocycles. The Balaban J connectivity index is 2.26. The van der Waals surface area contributed by atoms with Gasteiger partial charge in [-0.15, -0.1) is 11.6 Å². The van der Waals surface area contributed by atoms with Crippen LogP contribution >= 0.6 is 11.6 Å². The van der Waals surface area contributed by atoms with Crippen molar-refractivity contribution >= 4 is 11.6 Å². The molecule has 1 aliphatic rings. The molecule has 0 radical (unpaired) electrons. The van der Waals surface area contributed by atoms with Gasteiger partial charge < -0.3 is 0 Å². The number of nitrogens with zero attached hydrogens (tertiary/aromatic N) is 2. The molecule has 2 nitrogen and oxygen atoms in total. The van der Waals surface area contributed by atoms with Crippen LogP contribution in [0.2, 0.25) is 0 Å². The molecule has 0 amide bonds. The van der Waals surface area contributed by atoms with E-state index in [1.54, 1.807) is 0 Å². The van der Waals surface area contributed by atoms with E-state index in [4.69, 9.17) is 11.6 Å². The Labute approximate surface area is 98.6 Å². The second-order valence-corrected chi connectivity index (χ2v) is 4.32. The van der Waals surface area contributed by atoms with Crippen LogP contribution in [0, 0.1) is 0 Å². The molecule has 1 aliphatic heterocycles. The van der Waals surface area contributed by atoms with E-state index in [9.17, 15) is 13.2 Å². The minimum Gasteiger partial charge on any atom is -0.297 e. The van der Waals surface area contributed by atoms with Crippen LogP contribution in [0.3, 0.4) is 0 Å². The standard InChI is InChI=1S/C10H16ClF3N2/c1-9(6-11)7-15-2-4-16(5-3-15)8-10(12,13)14/h1-8H2. The molecule has 0 aliphatic carbocycles. The molecule has 1 saturated heterocycles. The fourth-order valence-electron chi connectivity index (χ4n) is 1.72. The Morgan fingerprint density at radius 3 is 2.06 bits per heavy atom. The summed E-state index contributed by atoms with van der Waals surface area (Å²) in [6, 6.07) is 0. The topological polar surface area (TPSA) is 6.48 Å². The zero-order chi connectivity index (χ0) is 12.2. The predicted molar refractivity (Wildman–Crippen MR) is 58.8 cm³/mol. The summed E-state index contributed by atoms with van der Waals surface area (Å²) >= 11 is 5.60. The van der Waals surface area contributed by atoms with Gasteiger partial charge in [0, 0.05) is 38.6 Å². The van der Waals surface area contributed by atoms with Crippen LogP contribution in [0.4, 0.5) is 13.2 Å². The summed E-state index contributed by atoms with van der Waals surface area (Å²) in [5.41, 5.74) is 0.908. The summed E-state index contributed by atoms with van der Waals surface area (Å²) < 4.78 is 36.3. The van der Waals surface area contributed by atoms with Crippen molar-refractivity contribution in [3.63, 3.8) is 0 Å². The first-order chi connectivity index (χ1) is 7.40. The summed E-state index contributed by atoms with van der Waals surface area (Å²) in [5, 5.41) is 0. The zero-order valence-corrected chi connectivity index (χ0v) is 9.82. The lowest BCUT2D eigenvalue weighted by molar-refractivity contribution is -0.149. The molecule has 0 bridgehead atoms. The molecule has 0 aromatic heterocycles. The molecule has 0 aromatic rings. The smallest absolute Gasteiger partial charge is 0.297 e. The molecule has 0 N–H and O–H groups in total. The minimum absolute atomic E-state index is 0.406. The Bertz CT molecular complexity index is 235. The lowest BCUT2D eigenvalue weighted by atomic mass is 10.2. The van der Waals surface area contributed by atoms with Gasteiger partial charge >= 0.3 is 6.18 Å². The van der Waals surface area contributed by atoms with E-state index >= 15 is 0 Å². The van der Waals surface area contributed by atoms with Gasteiger partial charge in [-0.3, -0.25) is 9.80 Å². The molecular weight excluding hydrogens is 241 g/mol. The molecule has 0 atom stereocenters. The van der Waals surface area contributed by atoms with Crippen molar-refractivity contribution in [2.75, 3.05) is 45.1 Å². The fourth-order valence-corrected chi connectivity index (χ4v) is 1.80. The van der Waals surface area contributed by atoms with Crippen molar-refractivity contribution in [2.24, 2.45) is 0 Å². The summed E-state index contributed by atoms with van der Waals surface area (Å²) in [4.78, 5) is 3.51. The van der Waals surface area contributed by atoms with E-state index < -0.39 is 12.7 Å². The van der Waals surface area contributed by atoms with Crippen LogP contribution < -0.4 is 0 Å². The summed E-state index contributed by atoms with van der Waals surface area (Å²) in [7, 11) is 0. The highest BCUT2D eigenvalue weighted by atomic mass is 35.5. The first-order valence-electron chi connectivity index (χ1n) is 5.15. The Morgan fingerprint density at radius 1 is 1.12 bits per heavy atom. The van der Waals surface area contributed by atoms with Crippen molar-refractivity contribution in [1.82, 2.24) is 9.80 Å². The number of rotatable bonds is 4. The first-order valence-corrected chi connectivity index (χ1v) is 5.68. The molecule has 6 heteroatoms. The van der Waals surface area contributed by atoms with Gasteiger partial charge in [-0.25, -0.2) is 0 Å². The van der Waals surface area contributed by atoms with Gasteiger partial charge in [-0.05, 0) is 5.57 Å². The van der Waals surface area contributed by atoms with Crippen LogP contribution in [-0.4, -0.2) is 61.1 Å². The Hall–Kier alpha value is -0.260. The van der Waals surface area contributed by atoms with Crippen molar-refractivity contribution in [3.8, 4) is 0 Å². The van der Waals surface area contributed by atoms with Gasteiger partial charge in [0.25, 0.3) is 0 Å². The Morgan fingerprint density at radius 2 is 1.62 bits per heavy atom. The molecule has 94 valence electrons. The monoisotopic (exact) mass is 256 g/mol. The highest BCUT2D eigenvalue weighted by Crippen LogP contribution is 2.17. The van der Waals surface area contributed by atoms with E-state index in [0.29, 0.717) is 38.6 Å². The number of alkyl halides is 4. The number of piperazine rings is 1. The maximum Gasteiger partial charge on any atom is 0.401 e. The maximum atomic E-state index is 12.1. The van der Waals surface area contributed by atoms with Gasteiger partial charge in [-0.1, -0.05) is 6.58 Å². The van der Waals surface area contributed by atoms with Gasteiger partial charge in [0.05, 0.1) is 6.54 Å². The molecule has 0 spiro atoms. The van der Waals surface area contributed by atoms with Crippen LogP contribution in [0.1, 0.15) is 0 Å². The van der Waals surface area contributed by atoms with E-state index in [1.807, 2.05) is 0 Å². The number of hydrogen-bond acceptors (Lipinski definition) is 2. The quantitative estimate of drug-likeness (QED) is 0.561. The highest BCUT2D eigenvalue weighted by molar-refractivity contribution is 6.19. The van der Waals surface area contributed by atoms with E-state index in [0.717, 1.165) is 5.57 Å². The minimum atomic E-state index is -4.10. The maximum absolute atomic E-state index is 12.1. The van der Waals surface area contributed by atoms with Crippen molar-refractivity contribution in [2.45, 2.75) is 6.18 Å². The second-order valence-electron chi connectivity index (χ2n) is 4.05. The first kappa shape index (κ1) is 13.8. The van der Waals surface area contributed by atoms with Crippen LogP contribution in [-0.2, 0) is 0 Å². The third-order valence-electron chi connectivity index (χ3n) is 2.50. The number of hydrogen-bond donors (Lipinski definition) is 0. The molecule has 1 fully saturated rings. The molecule has 1 heterocycles. The average molecular weight is 257 g/mol. The molecule has 1 rings (SSSR count). The molecule has 16 heavy (non-hydrogen) atoms. The van der Waals surface area contributed by atoms with Gasteiger partial charge in [0.15, 0.2) is 0 Å². The third-order valence-corrected chi connectivity index (χ3v) is 2.88. The van der Waals surface area contributed by atoms with Gasteiger partial charge in [-0.2, -0.15) is 13.2 Å². The lowest BCUT2D eigenvalue weighted by Gasteiger charge is -2.35. The fraction of sp³-hybridized carbons (Fsp3) is 0.800. The summed E-state index contributed by atoms with van der Waals surface area (Å²) in [5.74, 6) is 0.406. The van der Waals surface area contributed by atoms with Crippen molar-refractivity contribution < 1.29 is 13.2 Å². The summed E-state index contributed by atoms with van der Waals surface area (Å²) in [6.07, 6.45) is -4.10. The van der Waals surface area contributed by atoms with Gasteiger partial charge in [0.1, 0.15) is 0 Å². The second kappa shape index (κ2) is 5.89. The zero-order valence-electron chi connectivity index (χ0n) is 9.06. The van der Waals surface area contributed by atoms with Crippen molar-refractivity contribution in [3.05, 3.63) is 12.2 Å². The van der Waals surface area contributed by atoms with Gasteiger partial charge in [0.2, 0.25) is 0 Å². The molecule has 0 unspecified atom stereocenters. The third kappa shape index (κ3) is 5.18. The molecule has 0 aromatic carbocycles. The largest absolute Gasteiger partial charge is 0.401 e. The predicted octanol–water partition coefficient (Wildman–Crippen LogP) is 1.96. The molecular formula is C10H16ClF3N2. The van der Waals surface area contributed by atoms with Crippen LogP contribution in [0.5, 0.6) is 0 Å². The van der Waals surface area contributed by atoms with Crippen molar-refractivity contribution in [1.29, 1.82) is 0 Å². The SMILES string of the molecule is C=C(CCl)CN1CCN(CC(F)(F)F)CC1. The number of halogens is 4. The lowest BCUT2D eigenvalue weighted by Crippen LogP contribution is -2.49. The Kier molecular flexibility index (Phi) is 5.08. The van der Waals surface area contributed by atoms with E-state index in [-0.39, 0.29) is 0 Å². The average Bonchev–Trinajstić information content (AvgIpc) is 2.18. The van der Waals surface area contributed by atoms with E-state index in [2.05, 4.69) is 11.5 Å². The van der Waals surface area contributed by atoms with E-state index in [1.165, 1.54) is 4.90 Å². The normalized spacial score (nSPS) is 20.0. The van der Waals surface area contributed by atoms with Crippen LogP contribution in [0.25, 0.3) is 0 Å². The van der Waals surface area contributed by atoms with Crippen LogP contribution in [0.15, 0.2) is 12.2 Å². The summed E-state index contributed by atoms with van der Waals surface area (Å²) in [6.45, 7) is 5.85.